The zero-order chi connectivity index (χ0) is 13.8. The van der Waals surface area contributed by atoms with E-state index < -0.39 is 4.92 Å². The van der Waals surface area contributed by atoms with Gasteiger partial charge in [0.2, 0.25) is 0 Å². The number of nitrogens with zero attached hydrogens (tertiary/aromatic N) is 2. The van der Waals surface area contributed by atoms with Crippen molar-refractivity contribution in [2.24, 2.45) is 5.84 Å². The van der Waals surface area contributed by atoms with Crippen LogP contribution in [0, 0.1) is 10.1 Å². The van der Waals surface area contributed by atoms with Gasteiger partial charge in [-0.25, -0.2) is 10.8 Å². The first kappa shape index (κ1) is 13.1. The van der Waals surface area contributed by atoms with E-state index in [9.17, 15) is 10.1 Å². The fraction of sp³-hybridized carbons (Fsp3) is 0. The molecule has 1 aromatic heterocycles. The third-order valence-corrected chi connectivity index (χ3v) is 2.50. The summed E-state index contributed by atoms with van der Waals surface area (Å²) in [5, 5.41) is 14.3. The van der Waals surface area contributed by atoms with Crippen LogP contribution in [-0.4, -0.2) is 9.91 Å². The summed E-state index contributed by atoms with van der Waals surface area (Å²) in [6.07, 6.45) is 0. The molecule has 1 heterocycles. The monoisotopic (exact) mass is 279 g/mol. The molecule has 2 aromatic rings. The Labute approximate surface area is 113 Å². The van der Waals surface area contributed by atoms with Gasteiger partial charge in [-0.05, 0) is 18.2 Å². The summed E-state index contributed by atoms with van der Waals surface area (Å²) in [5.74, 6) is 5.71. The number of anilines is 3. The highest BCUT2D eigenvalue weighted by Gasteiger charge is 2.11. The van der Waals surface area contributed by atoms with Crippen molar-refractivity contribution in [1.29, 1.82) is 0 Å². The van der Waals surface area contributed by atoms with E-state index in [4.69, 9.17) is 17.4 Å². The van der Waals surface area contributed by atoms with Crippen LogP contribution in [0.15, 0.2) is 36.4 Å². The lowest BCUT2D eigenvalue weighted by Gasteiger charge is -2.07. The molecule has 0 bridgehead atoms. The Balaban J connectivity index is 2.34. The van der Waals surface area contributed by atoms with Gasteiger partial charge in [0.25, 0.3) is 5.69 Å². The topological polar surface area (TPSA) is 106 Å². The van der Waals surface area contributed by atoms with E-state index in [0.29, 0.717) is 16.5 Å². The normalized spacial score (nSPS) is 10.0. The number of hydrogen-bond acceptors (Lipinski definition) is 6. The van der Waals surface area contributed by atoms with E-state index in [1.807, 2.05) is 0 Å². The second kappa shape index (κ2) is 5.51. The van der Waals surface area contributed by atoms with Crippen LogP contribution in [0.2, 0.25) is 5.02 Å². The summed E-state index contributed by atoms with van der Waals surface area (Å²) in [6.45, 7) is 0. The molecule has 0 spiro atoms. The van der Waals surface area contributed by atoms with Crippen molar-refractivity contribution >= 4 is 34.6 Å². The fourth-order valence-corrected chi connectivity index (χ4v) is 1.66. The third-order valence-electron chi connectivity index (χ3n) is 2.27. The van der Waals surface area contributed by atoms with Crippen LogP contribution >= 0.6 is 11.6 Å². The molecule has 19 heavy (non-hydrogen) atoms. The van der Waals surface area contributed by atoms with E-state index in [1.54, 1.807) is 24.3 Å². The molecule has 0 fully saturated rings. The Kier molecular flexibility index (Phi) is 3.79. The first-order valence-corrected chi connectivity index (χ1v) is 5.62. The van der Waals surface area contributed by atoms with E-state index in [2.05, 4.69) is 15.7 Å². The van der Waals surface area contributed by atoms with Crippen molar-refractivity contribution in [1.82, 2.24) is 4.98 Å². The zero-order valence-electron chi connectivity index (χ0n) is 9.63. The Morgan fingerprint density at radius 1 is 1.26 bits per heavy atom. The van der Waals surface area contributed by atoms with Gasteiger partial charge in [-0.1, -0.05) is 17.7 Å². The van der Waals surface area contributed by atoms with Gasteiger partial charge >= 0.3 is 0 Å². The van der Waals surface area contributed by atoms with Gasteiger partial charge in [0.05, 0.1) is 17.1 Å². The lowest BCUT2D eigenvalue weighted by molar-refractivity contribution is -0.384. The second-order valence-corrected chi connectivity index (χ2v) is 4.07. The number of nitrogens with one attached hydrogen (secondary N) is 2. The van der Waals surface area contributed by atoms with Crippen molar-refractivity contribution in [3.8, 4) is 0 Å². The summed E-state index contributed by atoms with van der Waals surface area (Å²) in [6, 6.07) is 9.47. The van der Waals surface area contributed by atoms with Crippen LogP contribution in [0.4, 0.5) is 23.0 Å². The number of rotatable bonds is 4. The van der Waals surface area contributed by atoms with E-state index >= 15 is 0 Å². The Hall–Kier alpha value is -2.38. The lowest BCUT2D eigenvalue weighted by atomic mass is 10.3. The van der Waals surface area contributed by atoms with Gasteiger partial charge in [0, 0.05) is 10.7 Å². The SMILES string of the molecule is NNc1cc([N+](=O)[O-])cc(Nc2cccc(Cl)c2)n1. The molecular formula is C11H10ClN5O2. The molecular weight excluding hydrogens is 270 g/mol. The van der Waals surface area contributed by atoms with Crippen LogP contribution in [-0.2, 0) is 0 Å². The van der Waals surface area contributed by atoms with Crippen LogP contribution in [0.5, 0.6) is 0 Å². The number of hydrazine groups is 1. The van der Waals surface area contributed by atoms with Gasteiger partial charge < -0.3 is 10.7 Å². The minimum Gasteiger partial charge on any atom is -0.340 e. The largest absolute Gasteiger partial charge is 0.340 e. The molecule has 7 nitrogen and oxygen atoms in total. The second-order valence-electron chi connectivity index (χ2n) is 3.63. The Morgan fingerprint density at radius 3 is 2.63 bits per heavy atom. The van der Waals surface area contributed by atoms with Crippen molar-refractivity contribution in [2.75, 3.05) is 10.7 Å². The summed E-state index contributed by atoms with van der Waals surface area (Å²) in [7, 11) is 0. The predicted molar refractivity (Wildman–Crippen MR) is 73.4 cm³/mol. The standard InChI is InChI=1S/C11H10ClN5O2/c12-7-2-1-3-8(4-7)14-10-5-9(17(18)19)6-11(15-10)16-13/h1-6H,13H2,(H2,14,15,16). The van der Waals surface area contributed by atoms with Crippen molar-refractivity contribution in [3.05, 3.63) is 51.5 Å². The van der Waals surface area contributed by atoms with Crippen molar-refractivity contribution in [2.45, 2.75) is 0 Å². The van der Waals surface area contributed by atoms with Gasteiger partial charge in [0.15, 0.2) is 0 Å². The van der Waals surface area contributed by atoms with Crippen LogP contribution in [0.25, 0.3) is 0 Å². The van der Waals surface area contributed by atoms with Gasteiger partial charge in [-0.3, -0.25) is 10.1 Å². The smallest absolute Gasteiger partial charge is 0.276 e. The predicted octanol–water partition coefficient (Wildman–Crippen LogP) is 2.67. The molecule has 0 unspecified atom stereocenters. The maximum Gasteiger partial charge on any atom is 0.276 e. The lowest BCUT2D eigenvalue weighted by Crippen LogP contribution is -2.10. The summed E-state index contributed by atoms with van der Waals surface area (Å²) in [5.41, 5.74) is 2.83. The molecule has 0 aliphatic carbocycles. The maximum atomic E-state index is 10.8. The molecule has 4 N–H and O–H groups in total. The quantitative estimate of drug-likeness (QED) is 0.451. The van der Waals surface area contributed by atoms with Crippen LogP contribution < -0.4 is 16.6 Å². The number of nitro groups is 1. The van der Waals surface area contributed by atoms with E-state index in [1.165, 1.54) is 12.1 Å². The minimum absolute atomic E-state index is 0.118. The number of nitrogens with two attached hydrogens (primary N) is 1. The number of nitrogen functional groups attached to an aromatic ring is 1. The number of benzene rings is 1. The van der Waals surface area contributed by atoms with Crippen molar-refractivity contribution in [3.63, 3.8) is 0 Å². The van der Waals surface area contributed by atoms with Crippen molar-refractivity contribution < 1.29 is 4.92 Å². The molecule has 0 radical (unpaired) electrons. The first-order chi connectivity index (χ1) is 9.08. The van der Waals surface area contributed by atoms with Crippen LogP contribution in [0.1, 0.15) is 0 Å². The molecule has 98 valence electrons. The summed E-state index contributed by atoms with van der Waals surface area (Å²) >= 11 is 5.85. The minimum atomic E-state index is -0.522. The highest BCUT2D eigenvalue weighted by molar-refractivity contribution is 6.30. The molecule has 0 atom stereocenters. The number of aromatic nitrogens is 1. The Bertz CT molecular complexity index is 620. The molecule has 0 aliphatic heterocycles. The molecule has 0 saturated carbocycles. The summed E-state index contributed by atoms with van der Waals surface area (Å²) in [4.78, 5) is 14.3. The van der Waals surface area contributed by atoms with Gasteiger partial charge in [0.1, 0.15) is 11.6 Å². The number of halogens is 1. The molecule has 2 rings (SSSR count). The highest BCUT2D eigenvalue weighted by atomic mass is 35.5. The average Bonchev–Trinajstić information content (AvgIpc) is 2.38. The highest BCUT2D eigenvalue weighted by Crippen LogP contribution is 2.24. The van der Waals surface area contributed by atoms with E-state index in [-0.39, 0.29) is 11.5 Å². The summed E-state index contributed by atoms with van der Waals surface area (Å²) < 4.78 is 0. The maximum absolute atomic E-state index is 10.8. The molecule has 0 amide bonds. The number of hydrogen-bond donors (Lipinski definition) is 3. The first-order valence-electron chi connectivity index (χ1n) is 5.24. The zero-order valence-corrected chi connectivity index (χ0v) is 10.4. The van der Waals surface area contributed by atoms with Crippen LogP contribution in [0.3, 0.4) is 0 Å². The fourth-order valence-electron chi connectivity index (χ4n) is 1.47. The molecule has 8 heteroatoms. The van der Waals surface area contributed by atoms with E-state index in [0.717, 1.165) is 0 Å². The van der Waals surface area contributed by atoms with Gasteiger partial charge in [-0.2, -0.15) is 0 Å². The number of pyridine rings is 1. The Morgan fingerprint density at radius 2 is 2.00 bits per heavy atom. The molecule has 1 aromatic carbocycles. The average molecular weight is 280 g/mol. The third kappa shape index (κ3) is 3.30. The van der Waals surface area contributed by atoms with Gasteiger partial charge in [-0.15, -0.1) is 0 Å². The molecule has 0 saturated heterocycles. The molecule has 0 aliphatic rings.